The third-order valence-corrected chi connectivity index (χ3v) is 4.46. The van der Waals surface area contributed by atoms with Gasteiger partial charge in [-0.05, 0) is 11.5 Å². The van der Waals surface area contributed by atoms with Gasteiger partial charge in [0.15, 0.2) is 0 Å². The van der Waals surface area contributed by atoms with Gasteiger partial charge in [0, 0.05) is 13.2 Å². The van der Waals surface area contributed by atoms with E-state index in [0.29, 0.717) is 11.4 Å². The number of nitrogens with zero attached hydrogens (tertiary/aromatic N) is 2. The van der Waals surface area contributed by atoms with Crippen LogP contribution >= 0.6 is 0 Å². The zero-order chi connectivity index (χ0) is 13.3. The highest BCUT2D eigenvalue weighted by Crippen LogP contribution is 2.26. The average Bonchev–Trinajstić information content (AvgIpc) is 2.13. The molecule has 0 saturated heterocycles. The Hall–Kier alpha value is -1.30. The lowest BCUT2D eigenvalue weighted by Gasteiger charge is -2.25. The molecule has 0 radical (unpaired) electrons. The highest BCUT2D eigenvalue weighted by molar-refractivity contribution is 7.92. The normalized spacial score (nSPS) is 12.5. The quantitative estimate of drug-likeness (QED) is 0.889. The zero-order valence-corrected chi connectivity index (χ0v) is 11.5. The van der Waals surface area contributed by atoms with Crippen molar-refractivity contribution in [1.29, 1.82) is 0 Å². The van der Waals surface area contributed by atoms with Gasteiger partial charge in [0.2, 0.25) is 10.0 Å². The summed E-state index contributed by atoms with van der Waals surface area (Å²) in [6.45, 7) is 5.65. The third-order valence-electron chi connectivity index (χ3n) is 2.20. The van der Waals surface area contributed by atoms with Gasteiger partial charge < -0.3 is 5.73 Å². The Morgan fingerprint density at radius 2 is 2.00 bits per heavy atom. The number of nitrogen functional groups attached to an aromatic ring is 1. The van der Waals surface area contributed by atoms with Crippen molar-refractivity contribution < 1.29 is 8.42 Å². The van der Waals surface area contributed by atoms with Gasteiger partial charge in [-0.3, -0.25) is 9.29 Å². The van der Waals surface area contributed by atoms with E-state index in [9.17, 15) is 8.42 Å². The predicted molar refractivity (Wildman–Crippen MR) is 70.3 cm³/mol. The summed E-state index contributed by atoms with van der Waals surface area (Å²) < 4.78 is 25.5. The Morgan fingerprint density at radius 1 is 1.41 bits per heavy atom. The van der Waals surface area contributed by atoms with Gasteiger partial charge in [0.05, 0.1) is 23.3 Å². The number of pyridine rings is 1. The van der Waals surface area contributed by atoms with Crippen molar-refractivity contribution in [2.45, 2.75) is 20.8 Å². The van der Waals surface area contributed by atoms with Crippen LogP contribution in [0.2, 0.25) is 0 Å². The molecule has 0 amide bonds. The van der Waals surface area contributed by atoms with Crippen LogP contribution in [0.3, 0.4) is 0 Å². The summed E-state index contributed by atoms with van der Waals surface area (Å²) in [6, 6.07) is 1.59. The minimum Gasteiger partial charge on any atom is -0.396 e. The van der Waals surface area contributed by atoms with Crippen molar-refractivity contribution >= 4 is 21.4 Å². The summed E-state index contributed by atoms with van der Waals surface area (Å²) in [4.78, 5) is 3.84. The standard InChI is InChI=1S/C11H19N3O2S/c1-11(2,3)8-17(15,16)14(4)10-5-6-13-7-9(10)12/h5-7H,8,12H2,1-4H3. The minimum absolute atomic E-state index is 0.0677. The first kappa shape index (κ1) is 13.8. The summed E-state index contributed by atoms with van der Waals surface area (Å²) >= 11 is 0. The number of hydrogen-bond acceptors (Lipinski definition) is 4. The van der Waals surface area contributed by atoms with Gasteiger partial charge in [-0.1, -0.05) is 20.8 Å². The Labute approximate surface area is 103 Å². The fourth-order valence-corrected chi connectivity index (χ4v) is 3.23. The Kier molecular flexibility index (Phi) is 3.66. The SMILES string of the molecule is CN(c1ccncc1N)S(=O)(=O)CC(C)(C)C. The molecule has 0 aromatic carbocycles. The van der Waals surface area contributed by atoms with Crippen molar-refractivity contribution in [1.82, 2.24) is 4.98 Å². The molecule has 0 unspecified atom stereocenters. The Morgan fingerprint density at radius 3 is 2.47 bits per heavy atom. The summed E-state index contributed by atoms with van der Waals surface area (Å²) in [5.41, 5.74) is 6.23. The van der Waals surface area contributed by atoms with Crippen LogP contribution in [-0.4, -0.2) is 26.2 Å². The third kappa shape index (κ3) is 3.59. The summed E-state index contributed by atoms with van der Waals surface area (Å²) in [5, 5.41) is 0. The largest absolute Gasteiger partial charge is 0.396 e. The van der Waals surface area contributed by atoms with Crippen molar-refractivity contribution in [3.05, 3.63) is 18.5 Å². The summed E-state index contributed by atoms with van der Waals surface area (Å²) in [5.74, 6) is 0.0677. The molecular formula is C11H19N3O2S. The molecule has 0 aliphatic rings. The number of nitrogens with two attached hydrogens (primary N) is 1. The Balaban J connectivity index is 3.06. The molecule has 0 fully saturated rings. The highest BCUT2D eigenvalue weighted by Gasteiger charge is 2.26. The molecule has 1 rings (SSSR count). The lowest BCUT2D eigenvalue weighted by atomic mass is 10.0. The van der Waals surface area contributed by atoms with Crippen molar-refractivity contribution in [3.63, 3.8) is 0 Å². The zero-order valence-electron chi connectivity index (χ0n) is 10.6. The number of rotatable bonds is 3. The van der Waals surface area contributed by atoms with Crippen LogP contribution in [0.25, 0.3) is 0 Å². The molecule has 96 valence electrons. The van der Waals surface area contributed by atoms with Crippen LogP contribution in [0.15, 0.2) is 18.5 Å². The fraction of sp³-hybridized carbons (Fsp3) is 0.545. The second kappa shape index (κ2) is 4.52. The van der Waals surface area contributed by atoms with E-state index in [4.69, 9.17) is 5.73 Å². The molecule has 1 heterocycles. The van der Waals surface area contributed by atoms with Crippen LogP contribution in [-0.2, 0) is 10.0 Å². The molecule has 2 N–H and O–H groups in total. The van der Waals surface area contributed by atoms with Gasteiger partial charge >= 0.3 is 0 Å². The molecular weight excluding hydrogens is 238 g/mol. The molecule has 0 atom stereocenters. The molecule has 0 aliphatic carbocycles. The number of aromatic nitrogens is 1. The maximum absolute atomic E-state index is 12.1. The molecule has 1 aromatic heterocycles. The van der Waals surface area contributed by atoms with Gasteiger partial charge in [0.25, 0.3) is 0 Å². The maximum Gasteiger partial charge on any atom is 0.235 e. The van der Waals surface area contributed by atoms with E-state index < -0.39 is 10.0 Å². The van der Waals surface area contributed by atoms with Gasteiger partial charge in [-0.15, -0.1) is 0 Å². The van der Waals surface area contributed by atoms with E-state index in [1.165, 1.54) is 23.7 Å². The minimum atomic E-state index is -3.37. The van der Waals surface area contributed by atoms with Crippen LogP contribution in [0, 0.1) is 5.41 Å². The van der Waals surface area contributed by atoms with E-state index >= 15 is 0 Å². The van der Waals surface area contributed by atoms with Crippen LogP contribution in [0.1, 0.15) is 20.8 Å². The molecule has 6 heteroatoms. The molecule has 0 bridgehead atoms. The van der Waals surface area contributed by atoms with Crippen molar-refractivity contribution in [2.24, 2.45) is 5.41 Å². The van der Waals surface area contributed by atoms with E-state index in [-0.39, 0.29) is 11.2 Å². The lowest BCUT2D eigenvalue weighted by molar-refractivity contribution is 0.461. The molecule has 0 aliphatic heterocycles. The van der Waals surface area contributed by atoms with Crippen molar-refractivity contribution in [3.8, 4) is 0 Å². The van der Waals surface area contributed by atoms with E-state index in [0.717, 1.165) is 0 Å². The highest BCUT2D eigenvalue weighted by atomic mass is 32.2. The first-order valence-corrected chi connectivity index (χ1v) is 6.90. The van der Waals surface area contributed by atoms with Crippen LogP contribution in [0.4, 0.5) is 11.4 Å². The molecule has 17 heavy (non-hydrogen) atoms. The summed E-state index contributed by atoms with van der Waals surface area (Å²) in [6.07, 6.45) is 2.97. The van der Waals surface area contributed by atoms with E-state index in [2.05, 4.69) is 4.98 Å². The molecule has 5 nitrogen and oxygen atoms in total. The van der Waals surface area contributed by atoms with Crippen LogP contribution < -0.4 is 10.0 Å². The molecule has 0 spiro atoms. The average molecular weight is 257 g/mol. The molecule has 0 saturated carbocycles. The predicted octanol–water partition coefficient (Wildman–Crippen LogP) is 1.48. The topological polar surface area (TPSA) is 76.3 Å². The van der Waals surface area contributed by atoms with Crippen molar-refractivity contribution in [2.75, 3.05) is 22.8 Å². The van der Waals surface area contributed by atoms with E-state index in [1.54, 1.807) is 6.07 Å². The van der Waals surface area contributed by atoms with Gasteiger partial charge in [-0.2, -0.15) is 0 Å². The number of sulfonamides is 1. The number of anilines is 2. The Bertz CT molecular complexity index is 492. The smallest absolute Gasteiger partial charge is 0.235 e. The summed E-state index contributed by atoms with van der Waals surface area (Å²) in [7, 11) is -1.86. The first-order valence-electron chi connectivity index (χ1n) is 5.29. The van der Waals surface area contributed by atoms with Gasteiger partial charge in [0.1, 0.15) is 0 Å². The monoisotopic (exact) mass is 257 g/mol. The number of hydrogen-bond donors (Lipinski definition) is 1. The van der Waals surface area contributed by atoms with Crippen LogP contribution in [0.5, 0.6) is 0 Å². The first-order chi connectivity index (χ1) is 7.63. The lowest BCUT2D eigenvalue weighted by Crippen LogP contribution is -2.34. The second-order valence-electron chi connectivity index (χ2n) is 5.22. The maximum atomic E-state index is 12.1. The van der Waals surface area contributed by atoms with E-state index in [1.807, 2.05) is 20.8 Å². The fourth-order valence-electron chi connectivity index (χ4n) is 1.48. The molecule has 1 aromatic rings. The van der Waals surface area contributed by atoms with Gasteiger partial charge in [-0.25, -0.2) is 8.42 Å². The second-order valence-corrected chi connectivity index (χ2v) is 7.22.